The molecule has 7 heteroatoms. The van der Waals surface area contributed by atoms with Crippen LogP contribution in [-0.4, -0.2) is 29.0 Å². The highest BCUT2D eigenvalue weighted by Crippen LogP contribution is 2.31. The SMILES string of the molecule is CC(SCc1nc(N)nc(N(C)C)n1)c1ccccc1F. The van der Waals surface area contributed by atoms with Crippen molar-refractivity contribution in [3.63, 3.8) is 0 Å². The number of halogens is 1. The molecule has 0 saturated heterocycles. The molecule has 1 unspecified atom stereocenters. The number of nitrogen functional groups attached to an aromatic ring is 1. The summed E-state index contributed by atoms with van der Waals surface area (Å²) in [6.45, 7) is 1.96. The lowest BCUT2D eigenvalue weighted by molar-refractivity contribution is 0.611. The second kappa shape index (κ2) is 6.71. The van der Waals surface area contributed by atoms with Gasteiger partial charge in [0.2, 0.25) is 11.9 Å². The predicted octanol–water partition coefficient (Wildman–Crippen LogP) is 2.65. The van der Waals surface area contributed by atoms with E-state index in [1.165, 1.54) is 6.07 Å². The summed E-state index contributed by atoms with van der Waals surface area (Å²) in [6.07, 6.45) is 0. The van der Waals surface area contributed by atoms with Gasteiger partial charge in [-0.1, -0.05) is 18.2 Å². The van der Waals surface area contributed by atoms with Crippen LogP contribution >= 0.6 is 11.8 Å². The van der Waals surface area contributed by atoms with Gasteiger partial charge in [0.25, 0.3) is 0 Å². The first kappa shape index (κ1) is 15.5. The van der Waals surface area contributed by atoms with Gasteiger partial charge in [-0.05, 0) is 13.0 Å². The molecule has 0 saturated carbocycles. The molecule has 1 aromatic heterocycles. The Kier molecular flexibility index (Phi) is 4.95. The number of nitrogens with zero attached hydrogens (tertiary/aromatic N) is 4. The Morgan fingerprint density at radius 1 is 1.24 bits per heavy atom. The van der Waals surface area contributed by atoms with Crippen molar-refractivity contribution in [3.8, 4) is 0 Å². The van der Waals surface area contributed by atoms with Gasteiger partial charge in [-0.2, -0.15) is 15.0 Å². The second-order valence-corrected chi connectivity index (χ2v) is 6.11. The Hall–Kier alpha value is -1.89. The minimum atomic E-state index is -0.193. The number of rotatable bonds is 5. The van der Waals surface area contributed by atoms with Crippen molar-refractivity contribution in [1.29, 1.82) is 0 Å². The van der Waals surface area contributed by atoms with E-state index in [4.69, 9.17) is 5.73 Å². The van der Waals surface area contributed by atoms with Gasteiger partial charge in [0.15, 0.2) is 0 Å². The van der Waals surface area contributed by atoms with Crippen LogP contribution in [0.4, 0.5) is 16.3 Å². The Morgan fingerprint density at radius 3 is 2.62 bits per heavy atom. The van der Waals surface area contributed by atoms with Crippen molar-refractivity contribution in [1.82, 2.24) is 15.0 Å². The molecule has 0 spiro atoms. The molecule has 2 N–H and O–H groups in total. The molecule has 0 aliphatic rings. The Labute approximate surface area is 127 Å². The van der Waals surface area contributed by atoms with E-state index in [1.54, 1.807) is 28.8 Å². The third-order valence-corrected chi connectivity index (χ3v) is 4.07. The van der Waals surface area contributed by atoms with E-state index in [-0.39, 0.29) is 17.0 Å². The summed E-state index contributed by atoms with van der Waals surface area (Å²) >= 11 is 1.56. The monoisotopic (exact) mass is 307 g/mol. The van der Waals surface area contributed by atoms with E-state index >= 15 is 0 Å². The largest absolute Gasteiger partial charge is 0.368 e. The van der Waals surface area contributed by atoms with Crippen LogP contribution in [0.1, 0.15) is 23.6 Å². The van der Waals surface area contributed by atoms with Crippen LogP contribution in [-0.2, 0) is 5.75 Å². The minimum Gasteiger partial charge on any atom is -0.368 e. The lowest BCUT2D eigenvalue weighted by Gasteiger charge is -2.14. The predicted molar refractivity (Wildman–Crippen MR) is 84.7 cm³/mol. The maximum atomic E-state index is 13.7. The molecule has 0 radical (unpaired) electrons. The first-order valence-electron chi connectivity index (χ1n) is 6.51. The van der Waals surface area contributed by atoms with E-state index in [1.807, 2.05) is 27.1 Å². The van der Waals surface area contributed by atoms with Crippen molar-refractivity contribution < 1.29 is 4.39 Å². The fourth-order valence-electron chi connectivity index (χ4n) is 1.78. The van der Waals surface area contributed by atoms with Crippen molar-refractivity contribution in [2.75, 3.05) is 24.7 Å². The minimum absolute atomic E-state index is 0.00648. The van der Waals surface area contributed by atoms with Gasteiger partial charge in [-0.3, -0.25) is 0 Å². The van der Waals surface area contributed by atoms with Crippen LogP contribution in [0.3, 0.4) is 0 Å². The van der Waals surface area contributed by atoms with Crippen LogP contribution in [0.5, 0.6) is 0 Å². The average molecular weight is 307 g/mol. The zero-order valence-corrected chi connectivity index (χ0v) is 13.1. The number of hydrogen-bond donors (Lipinski definition) is 1. The number of aromatic nitrogens is 3. The van der Waals surface area contributed by atoms with Crippen molar-refractivity contribution in [2.24, 2.45) is 0 Å². The topological polar surface area (TPSA) is 67.9 Å². The molecule has 0 aliphatic carbocycles. The van der Waals surface area contributed by atoms with Crippen LogP contribution in [0, 0.1) is 5.82 Å². The molecular weight excluding hydrogens is 289 g/mol. The summed E-state index contributed by atoms with van der Waals surface area (Å²) in [7, 11) is 3.68. The molecule has 0 fully saturated rings. The lowest BCUT2D eigenvalue weighted by atomic mass is 10.1. The standard InChI is InChI=1S/C14H18FN5S/c1-9(10-6-4-5-7-11(10)15)21-8-12-17-13(16)19-14(18-12)20(2)3/h4-7,9H,8H2,1-3H3,(H2,16,17,18,19). The van der Waals surface area contributed by atoms with E-state index < -0.39 is 0 Å². The second-order valence-electron chi connectivity index (χ2n) is 4.78. The van der Waals surface area contributed by atoms with Crippen molar-refractivity contribution in [2.45, 2.75) is 17.9 Å². The highest BCUT2D eigenvalue weighted by Gasteiger charge is 2.13. The molecule has 0 bridgehead atoms. The van der Waals surface area contributed by atoms with E-state index in [2.05, 4.69) is 15.0 Å². The molecule has 1 atom stereocenters. The third-order valence-electron chi connectivity index (χ3n) is 2.89. The van der Waals surface area contributed by atoms with E-state index in [0.29, 0.717) is 23.1 Å². The third kappa shape index (κ3) is 4.04. The van der Waals surface area contributed by atoms with Gasteiger partial charge in [-0.25, -0.2) is 4.39 Å². The highest BCUT2D eigenvalue weighted by molar-refractivity contribution is 7.98. The first-order valence-corrected chi connectivity index (χ1v) is 7.56. The maximum Gasteiger partial charge on any atom is 0.229 e. The van der Waals surface area contributed by atoms with Gasteiger partial charge in [0.1, 0.15) is 11.6 Å². The number of thioether (sulfide) groups is 1. The Morgan fingerprint density at radius 2 is 1.95 bits per heavy atom. The molecule has 1 heterocycles. The van der Waals surface area contributed by atoms with E-state index in [0.717, 1.165) is 0 Å². The highest BCUT2D eigenvalue weighted by atomic mass is 32.2. The fraction of sp³-hybridized carbons (Fsp3) is 0.357. The molecular formula is C14H18FN5S. The summed E-state index contributed by atoms with van der Waals surface area (Å²) in [5.74, 6) is 1.67. The molecule has 2 rings (SSSR count). The molecule has 1 aromatic carbocycles. The van der Waals surface area contributed by atoms with Gasteiger partial charge >= 0.3 is 0 Å². The quantitative estimate of drug-likeness (QED) is 0.916. The normalized spacial score (nSPS) is 12.2. The van der Waals surface area contributed by atoms with Gasteiger partial charge < -0.3 is 10.6 Å². The molecule has 2 aromatic rings. The van der Waals surface area contributed by atoms with Gasteiger partial charge in [0.05, 0.1) is 5.75 Å². The molecule has 0 amide bonds. The molecule has 112 valence electrons. The van der Waals surface area contributed by atoms with Gasteiger partial charge in [0, 0.05) is 24.9 Å². The van der Waals surface area contributed by atoms with Crippen LogP contribution in [0.2, 0.25) is 0 Å². The number of nitrogens with two attached hydrogens (primary N) is 1. The van der Waals surface area contributed by atoms with Crippen LogP contribution < -0.4 is 10.6 Å². The zero-order chi connectivity index (χ0) is 15.4. The Balaban J connectivity index is 2.08. The zero-order valence-electron chi connectivity index (χ0n) is 12.2. The summed E-state index contributed by atoms with van der Waals surface area (Å²) < 4.78 is 13.7. The van der Waals surface area contributed by atoms with Crippen molar-refractivity contribution >= 4 is 23.7 Å². The smallest absolute Gasteiger partial charge is 0.229 e. The molecule has 5 nitrogen and oxygen atoms in total. The van der Waals surface area contributed by atoms with Crippen molar-refractivity contribution in [3.05, 3.63) is 41.5 Å². The van der Waals surface area contributed by atoms with Crippen LogP contribution in [0.15, 0.2) is 24.3 Å². The Bertz CT molecular complexity index is 620. The number of hydrogen-bond acceptors (Lipinski definition) is 6. The summed E-state index contributed by atoms with van der Waals surface area (Å²) in [6, 6.07) is 6.78. The summed E-state index contributed by atoms with van der Waals surface area (Å²) in [4.78, 5) is 14.3. The first-order chi connectivity index (χ1) is 9.97. The summed E-state index contributed by atoms with van der Waals surface area (Å²) in [5, 5.41) is 0.00648. The average Bonchev–Trinajstić information content (AvgIpc) is 2.44. The number of anilines is 2. The lowest BCUT2D eigenvalue weighted by Crippen LogP contribution is -2.16. The molecule has 21 heavy (non-hydrogen) atoms. The van der Waals surface area contributed by atoms with E-state index in [9.17, 15) is 4.39 Å². The summed E-state index contributed by atoms with van der Waals surface area (Å²) in [5.41, 5.74) is 6.36. The fourth-order valence-corrected chi connectivity index (χ4v) is 2.68. The van der Waals surface area contributed by atoms with Crippen LogP contribution in [0.25, 0.3) is 0 Å². The molecule has 0 aliphatic heterocycles. The number of benzene rings is 1. The maximum absolute atomic E-state index is 13.7. The van der Waals surface area contributed by atoms with Gasteiger partial charge in [-0.15, -0.1) is 11.8 Å².